The van der Waals surface area contributed by atoms with Gasteiger partial charge in [-0.05, 0) is 12.1 Å². The minimum atomic E-state index is -0.407. The molecule has 0 saturated carbocycles. The van der Waals surface area contributed by atoms with E-state index in [-0.39, 0.29) is 6.29 Å². The van der Waals surface area contributed by atoms with Gasteiger partial charge in [0.1, 0.15) is 5.75 Å². The van der Waals surface area contributed by atoms with Crippen LogP contribution in [0.5, 0.6) is 5.75 Å². The van der Waals surface area contributed by atoms with Gasteiger partial charge in [0.2, 0.25) is 0 Å². The van der Waals surface area contributed by atoms with Crippen LogP contribution in [0.15, 0.2) is 18.2 Å². The lowest BCUT2D eigenvalue weighted by Gasteiger charge is -2.08. The smallest absolute Gasteiger partial charge is 0.341 e. The van der Waals surface area contributed by atoms with Crippen LogP contribution in [0.4, 0.5) is 0 Å². The van der Waals surface area contributed by atoms with Gasteiger partial charge in [0, 0.05) is 7.11 Å². The Hall–Kier alpha value is -1.55. The van der Waals surface area contributed by atoms with Gasteiger partial charge in [-0.15, -0.1) is 0 Å². The third-order valence-electron chi connectivity index (χ3n) is 2.04. The Balaban J connectivity index is 2.56. The quantitative estimate of drug-likeness (QED) is 0.665. The van der Waals surface area contributed by atoms with Crippen LogP contribution < -0.4 is 4.74 Å². The minimum absolute atomic E-state index is 0.197. The molecule has 0 unspecified atom stereocenters. The lowest BCUT2D eigenvalue weighted by atomic mass is 10.1. The predicted molar refractivity (Wildman–Crippen MR) is 47.8 cm³/mol. The maximum atomic E-state index is 11.3. The molecular weight excluding hydrogens is 184 g/mol. The van der Waals surface area contributed by atoms with Crippen molar-refractivity contribution < 1.29 is 19.0 Å². The maximum Gasteiger partial charge on any atom is 0.341 e. The lowest BCUT2D eigenvalue weighted by molar-refractivity contribution is 0.0152. The molecule has 4 heteroatoms. The zero-order valence-electron chi connectivity index (χ0n) is 7.87. The zero-order chi connectivity index (χ0) is 10.1. The van der Waals surface area contributed by atoms with E-state index < -0.39 is 5.97 Å². The molecule has 0 atom stereocenters. The average Bonchev–Trinajstić information content (AvgIpc) is 2.56. The molecule has 1 aliphatic rings. The molecule has 0 aliphatic carbocycles. The summed E-state index contributed by atoms with van der Waals surface area (Å²) in [5.41, 5.74) is 1.06. The van der Waals surface area contributed by atoms with Crippen molar-refractivity contribution in [3.05, 3.63) is 35.6 Å². The number of fused-ring (bicyclic) bond motifs is 1. The molecule has 0 bridgehead atoms. The van der Waals surface area contributed by atoms with Crippen molar-refractivity contribution in [2.24, 2.45) is 0 Å². The Kier molecular flexibility index (Phi) is 2.13. The highest BCUT2D eigenvalue weighted by molar-refractivity contribution is 5.96. The number of carbonyl (C=O) groups is 1. The van der Waals surface area contributed by atoms with Gasteiger partial charge in [0.25, 0.3) is 0 Å². The second-order valence-electron chi connectivity index (χ2n) is 2.76. The van der Waals surface area contributed by atoms with Crippen molar-refractivity contribution in [2.75, 3.05) is 14.2 Å². The molecule has 0 spiro atoms. The third kappa shape index (κ3) is 1.15. The first-order valence-electron chi connectivity index (χ1n) is 4.08. The molecule has 14 heavy (non-hydrogen) atoms. The van der Waals surface area contributed by atoms with Crippen molar-refractivity contribution >= 4 is 5.97 Å². The van der Waals surface area contributed by atoms with Crippen molar-refractivity contribution in [1.29, 1.82) is 0 Å². The highest BCUT2D eigenvalue weighted by Gasteiger charge is 2.35. The molecular formula is C10H9O4. The molecule has 0 fully saturated rings. The highest BCUT2D eigenvalue weighted by atomic mass is 16.7. The maximum absolute atomic E-state index is 11.3. The van der Waals surface area contributed by atoms with Gasteiger partial charge < -0.3 is 14.2 Å². The normalized spacial score (nSPS) is 15.1. The van der Waals surface area contributed by atoms with Crippen LogP contribution >= 0.6 is 0 Å². The average molecular weight is 193 g/mol. The first-order valence-corrected chi connectivity index (χ1v) is 4.08. The van der Waals surface area contributed by atoms with E-state index in [2.05, 4.69) is 0 Å². The number of ether oxygens (including phenoxy) is 3. The number of benzene rings is 1. The molecule has 2 rings (SSSR count). The molecule has 1 aromatic rings. The standard InChI is InChI=1S/C10H9O4/c1-12-7-5-3-4-6-8(7)10(13-2)14-9(6)11/h3-5H,1-2H3. The van der Waals surface area contributed by atoms with Crippen LogP contribution in [-0.4, -0.2) is 20.2 Å². The van der Waals surface area contributed by atoms with Crippen molar-refractivity contribution in [3.63, 3.8) is 0 Å². The summed E-state index contributed by atoms with van der Waals surface area (Å²) in [5, 5.41) is 0. The van der Waals surface area contributed by atoms with E-state index >= 15 is 0 Å². The Labute approximate surface area is 81.4 Å². The van der Waals surface area contributed by atoms with Gasteiger partial charge in [-0.2, -0.15) is 0 Å². The van der Waals surface area contributed by atoms with Gasteiger partial charge in [0.15, 0.2) is 0 Å². The molecule has 1 aromatic carbocycles. The van der Waals surface area contributed by atoms with Crippen LogP contribution in [0.3, 0.4) is 0 Å². The van der Waals surface area contributed by atoms with Gasteiger partial charge in [-0.1, -0.05) is 6.07 Å². The summed E-state index contributed by atoms with van der Waals surface area (Å²) in [4.78, 5) is 11.3. The number of carbonyl (C=O) groups excluding carboxylic acids is 1. The fourth-order valence-corrected chi connectivity index (χ4v) is 1.42. The molecule has 73 valence electrons. The van der Waals surface area contributed by atoms with Gasteiger partial charge in [-0.3, -0.25) is 0 Å². The molecule has 1 radical (unpaired) electrons. The highest BCUT2D eigenvalue weighted by Crippen LogP contribution is 2.36. The van der Waals surface area contributed by atoms with Crippen LogP contribution in [0.25, 0.3) is 0 Å². The number of esters is 1. The molecule has 4 nitrogen and oxygen atoms in total. The largest absolute Gasteiger partial charge is 0.496 e. The fourth-order valence-electron chi connectivity index (χ4n) is 1.42. The number of methoxy groups -OCH3 is 2. The monoisotopic (exact) mass is 193 g/mol. The summed E-state index contributed by atoms with van der Waals surface area (Å²) in [6, 6.07) is 5.16. The molecule has 0 saturated heterocycles. The van der Waals surface area contributed by atoms with E-state index in [9.17, 15) is 4.79 Å². The van der Waals surface area contributed by atoms with E-state index in [0.29, 0.717) is 16.9 Å². The summed E-state index contributed by atoms with van der Waals surface area (Å²) in [7, 11) is 2.98. The Bertz CT molecular complexity index is 372. The van der Waals surface area contributed by atoms with Crippen LogP contribution in [0.2, 0.25) is 0 Å². The third-order valence-corrected chi connectivity index (χ3v) is 2.04. The van der Waals surface area contributed by atoms with Crippen molar-refractivity contribution in [2.45, 2.75) is 0 Å². The topological polar surface area (TPSA) is 44.8 Å². The Morgan fingerprint density at radius 2 is 2.00 bits per heavy atom. The zero-order valence-corrected chi connectivity index (χ0v) is 7.87. The van der Waals surface area contributed by atoms with E-state index in [4.69, 9.17) is 14.2 Å². The molecule has 0 N–H and O–H groups in total. The number of rotatable bonds is 2. The summed E-state index contributed by atoms with van der Waals surface area (Å²) in [6.45, 7) is 0. The van der Waals surface area contributed by atoms with E-state index in [1.54, 1.807) is 18.2 Å². The SMILES string of the molecule is CO[C]1OC(=O)c2cccc(OC)c21. The van der Waals surface area contributed by atoms with Crippen LogP contribution in [-0.2, 0) is 9.47 Å². The second-order valence-corrected chi connectivity index (χ2v) is 2.76. The van der Waals surface area contributed by atoms with E-state index in [0.717, 1.165) is 0 Å². The number of cyclic esters (lactones) is 1. The summed E-state index contributed by atoms with van der Waals surface area (Å²) in [5.74, 6) is 0.168. The molecule has 0 amide bonds. The van der Waals surface area contributed by atoms with Crippen LogP contribution in [0, 0.1) is 6.29 Å². The summed E-state index contributed by atoms with van der Waals surface area (Å²) in [6.07, 6.45) is 0.197. The first-order chi connectivity index (χ1) is 6.77. The van der Waals surface area contributed by atoms with Gasteiger partial charge >= 0.3 is 12.3 Å². The number of hydrogen-bond acceptors (Lipinski definition) is 4. The van der Waals surface area contributed by atoms with E-state index in [1.807, 2.05) is 0 Å². The second kappa shape index (κ2) is 3.31. The first kappa shape index (κ1) is 9.02. The minimum Gasteiger partial charge on any atom is -0.496 e. The van der Waals surface area contributed by atoms with Gasteiger partial charge in [-0.25, -0.2) is 4.79 Å². The predicted octanol–water partition coefficient (Wildman–Crippen LogP) is 1.35. The summed E-state index contributed by atoms with van der Waals surface area (Å²) >= 11 is 0. The lowest BCUT2D eigenvalue weighted by Crippen LogP contribution is -2.02. The molecule has 0 aromatic heterocycles. The van der Waals surface area contributed by atoms with Crippen molar-refractivity contribution in [3.8, 4) is 5.75 Å². The van der Waals surface area contributed by atoms with Crippen molar-refractivity contribution in [1.82, 2.24) is 0 Å². The van der Waals surface area contributed by atoms with E-state index in [1.165, 1.54) is 14.2 Å². The van der Waals surface area contributed by atoms with Crippen LogP contribution in [0.1, 0.15) is 15.9 Å². The Morgan fingerprint density at radius 3 is 2.64 bits per heavy atom. The Morgan fingerprint density at radius 1 is 1.21 bits per heavy atom. The molecule has 1 aliphatic heterocycles. The van der Waals surface area contributed by atoms with Gasteiger partial charge in [0.05, 0.1) is 18.2 Å². The number of hydrogen-bond donors (Lipinski definition) is 0. The fraction of sp³-hybridized carbons (Fsp3) is 0.200. The summed E-state index contributed by atoms with van der Waals surface area (Å²) < 4.78 is 14.9. The molecule has 1 heterocycles.